The zero-order chi connectivity index (χ0) is 21.3. The third kappa shape index (κ3) is 3.59. The molecule has 4 aromatic rings. The van der Waals surface area contributed by atoms with E-state index in [9.17, 15) is 4.79 Å². The molecule has 2 aromatic carbocycles. The number of nitrogens with zero attached hydrogens (tertiary/aromatic N) is 3. The van der Waals surface area contributed by atoms with Crippen LogP contribution in [0.1, 0.15) is 36.1 Å². The fourth-order valence-corrected chi connectivity index (χ4v) is 4.00. The summed E-state index contributed by atoms with van der Waals surface area (Å²) < 4.78 is 9.38. The first-order valence-electron chi connectivity index (χ1n) is 10.3. The highest BCUT2D eigenvalue weighted by Crippen LogP contribution is 2.26. The van der Waals surface area contributed by atoms with E-state index in [0.717, 1.165) is 34.3 Å². The van der Waals surface area contributed by atoms with Crippen LogP contribution in [0.5, 0.6) is 0 Å². The van der Waals surface area contributed by atoms with Crippen LogP contribution in [0, 0.1) is 5.92 Å². The summed E-state index contributed by atoms with van der Waals surface area (Å²) in [5.74, 6) is 0.968. The average Bonchev–Trinajstić information content (AvgIpc) is 3.31. The monoisotopic (exact) mass is 404 g/mol. The molecule has 30 heavy (non-hydrogen) atoms. The van der Waals surface area contributed by atoms with E-state index in [0.29, 0.717) is 12.2 Å². The summed E-state index contributed by atoms with van der Waals surface area (Å²) in [5.41, 5.74) is 3.70. The van der Waals surface area contributed by atoms with E-state index in [-0.39, 0.29) is 17.9 Å². The van der Waals surface area contributed by atoms with Crippen molar-refractivity contribution in [3.63, 3.8) is 0 Å². The molecule has 4 rings (SSSR count). The van der Waals surface area contributed by atoms with Gasteiger partial charge in [-0.15, -0.1) is 0 Å². The molecule has 1 N–H and O–H groups in total. The van der Waals surface area contributed by atoms with Crippen molar-refractivity contribution >= 4 is 27.8 Å². The molecule has 0 aliphatic heterocycles. The number of imidazole rings is 1. The number of hydrogen-bond donors (Lipinski definition) is 1. The molecule has 2 aromatic heterocycles. The summed E-state index contributed by atoms with van der Waals surface area (Å²) in [7, 11) is 3.69. The summed E-state index contributed by atoms with van der Waals surface area (Å²) in [6.45, 7) is 5.58. The van der Waals surface area contributed by atoms with Gasteiger partial charge in [-0.3, -0.25) is 4.79 Å². The number of amides is 1. The quantitative estimate of drug-likeness (QED) is 0.500. The zero-order valence-electron chi connectivity index (χ0n) is 17.9. The van der Waals surface area contributed by atoms with Crippen LogP contribution < -0.4 is 5.32 Å². The highest BCUT2D eigenvalue weighted by molar-refractivity contribution is 6.06. The number of ether oxygens (including phenoxy) is 1. The Bertz CT molecular complexity index is 1190. The molecule has 0 spiro atoms. The van der Waals surface area contributed by atoms with Gasteiger partial charge in [-0.05, 0) is 36.2 Å². The molecule has 6 nitrogen and oxygen atoms in total. The minimum absolute atomic E-state index is 0.0872. The van der Waals surface area contributed by atoms with Crippen molar-refractivity contribution in [1.29, 1.82) is 0 Å². The fourth-order valence-electron chi connectivity index (χ4n) is 4.00. The third-order valence-electron chi connectivity index (χ3n) is 5.65. The number of carbonyl (C=O) groups is 1. The Morgan fingerprint density at radius 2 is 1.87 bits per heavy atom. The molecular formula is C24H28N4O2. The second-order valence-corrected chi connectivity index (χ2v) is 7.95. The number of rotatable bonds is 7. The van der Waals surface area contributed by atoms with Crippen LogP contribution in [0.15, 0.2) is 54.7 Å². The molecule has 0 bridgehead atoms. The standard InChI is InChI=1S/C24H28N4O2/c1-16(2)22(23-25-19-9-5-6-10-21(19)27(23)3)26-24(29)18-8-7-11-20-17(18)12-13-28(20)14-15-30-4/h5-13,16,22H,14-15H2,1-4H3,(H,26,29). The first-order chi connectivity index (χ1) is 14.5. The zero-order valence-corrected chi connectivity index (χ0v) is 17.9. The lowest BCUT2D eigenvalue weighted by Crippen LogP contribution is -2.33. The van der Waals surface area contributed by atoms with Crippen molar-refractivity contribution in [3.8, 4) is 0 Å². The predicted octanol–water partition coefficient (Wildman–Crippen LogP) is 4.30. The number of benzene rings is 2. The Morgan fingerprint density at radius 3 is 2.60 bits per heavy atom. The molecule has 156 valence electrons. The fraction of sp³-hybridized carbons (Fsp3) is 0.333. The van der Waals surface area contributed by atoms with Gasteiger partial charge in [0.15, 0.2) is 0 Å². The Morgan fingerprint density at radius 1 is 1.10 bits per heavy atom. The molecular weight excluding hydrogens is 376 g/mol. The highest BCUT2D eigenvalue weighted by atomic mass is 16.5. The minimum Gasteiger partial charge on any atom is -0.383 e. The molecule has 0 aliphatic rings. The van der Waals surface area contributed by atoms with Crippen molar-refractivity contribution in [2.24, 2.45) is 13.0 Å². The number of nitrogens with one attached hydrogen (secondary N) is 1. The second-order valence-electron chi connectivity index (χ2n) is 7.95. The lowest BCUT2D eigenvalue weighted by Gasteiger charge is -2.22. The van der Waals surface area contributed by atoms with E-state index >= 15 is 0 Å². The van der Waals surface area contributed by atoms with Crippen molar-refractivity contribution in [2.75, 3.05) is 13.7 Å². The van der Waals surface area contributed by atoms with Gasteiger partial charge in [0.2, 0.25) is 0 Å². The van der Waals surface area contributed by atoms with E-state index < -0.39 is 0 Å². The lowest BCUT2D eigenvalue weighted by molar-refractivity contribution is 0.0924. The number of aromatic nitrogens is 3. The van der Waals surface area contributed by atoms with Crippen LogP contribution in [0.3, 0.4) is 0 Å². The molecule has 2 heterocycles. The molecule has 6 heteroatoms. The van der Waals surface area contributed by atoms with E-state index in [2.05, 4.69) is 34.4 Å². The van der Waals surface area contributed by atoms with Gasteiger partial charge in [-0.2, -0.15) is 0 Å². The number of para-hydroxylation sites is 2. The molecule has 1 amide bonds. The average molecular weight is 405 g/mol. The van der Waals surface area contributed by atoms with Crippen LogP contribution in [0.4, 0.5) is 0 Å². The number of methoxy groups -OCH3 is 1. The summed E-state index contributed by atoms with van der Waals surface area (Å²) in [6, 6.07) is 15.7. The Kier molecular flexibility index (Phi) is 5.59. The molecule has 0 saturated heterocycles. The summed E-state index contributed by atoms with van der Waals surface area (Å²) in [4.78, 5) is 18.1. The SMILES string of the molecule is COCCn1ccc2c(C(=O)NC(c3nc4ccccc4n3C)C(C)C)cccc21. The molecule has 0 fully saturated rings. The Labute approximate surface area is 176 Å². The Hall–Kier alpha value is -3.12. The first kappa shape index (κ1) is 20.2. The van der Waals surface area contributed by atoms with Crippen molar-refractivity contribution in [3.05, 3.63) is 66.1 Å². The van der Waals surface area contributed by atoms with Crippen LogP contribution in [-0.4, -0.2) is 33.7 Å². The van der Waals surface area contributed by atoms with Crippen molar-refractivity contribution in [2.45, 2.75) is 26.4 Å². The normalized spacial score (nSPS) is 12.7. The second kappa shape index (κ2) is 8.32. The summed E-state index contributed by atoms with van der Waals surface area (Å²) in [6.07, 6.45) is 2.01. The molecule has 1 atom stereocenters. The summed E-state index contributed by atoms with van der Waals surface area (Å²) >= 11 is 0. The van der Waals surface area contributed by atoms with Crippen LogP contribution >= 0.6 is 0 Å². The van der Waals surface area contributed by atoms with E-state index in [4.69, 9.17) is 9.72 Å². The van der Waals surface area contributed by atoms with Gasteiger partial charge >= 0.3 is 0 Å². The van der Waals surface area contributed by atoms with E-state index in [1.807, 2.05) is 55.7 Å². The van der Waals surface area contributed by atoms with Crippen molar-refractivity contribution < 1.29 is 9.53 Å². The van der Waals surface area contributed by atoms with Crippen LogP contribution in [0.2, 0.25) is 0 Å². The van der Waals surface area contributed by atoms with Gasteiger partial charge in [0.25, 0.3) is 5.91 Å². The maximum atomic E-state index is 13.3. The predicted molar refractivity (Wildman–Crippen MR) is 120 cm³/mol. The van der Waals surface area contributed by atoms with Gasteiger partial charge in [-0.25, -0.2) is 4.98 Å². The van der Waals surface area contributed by atoms with E-state index in [1.165, 1.54) is 0 Å². The van der Waals surface area contributed by atoms with Crippen molar-refractivity contribution in [1.82, 2.24) is 19.4 Å². The maximum absolute atomic E-state index is 13.3. The first-order valence-corrected chi connectivity index (χ1v) is 10.3. The van der Waals surface area contributed by atoms with Gasteiger partial charge in [0, 0.05) is 43.4 Å². The highest BCUT2D eigenvalue weighted by Gasteiger charge is 2.25. The minimum atomic E-state index is -0.194. The molecule has 0 aliphatic carbocycles. The molecule has 0 radical (unpaired) electrons. The number of fused-ring (bicyclic) bond motifs is 2. The smallest absolute Gasteiger partial charge is 0.252 e. The Balaban J connectivity index is 1.67. The van der Waals surface area contributed by atoms with Gasteiger partial charge < -0.3 is 19.2 Å². The third-order valence-corrected chi connectivity index (χ3v) is 5.65. The topological polar surface area (TPSA) is 61.1 Å². The summed E-state index contributed by atoms with van der Waals surface area (Å²) in [5, 5.41) is 4.18. The van der Waals surface area contributed by atoms with Gasteiger partial charge in [0.05, 0.1) is 23.7 Å². The van der Waals surface area contributed by atoms with Crippen LogP contribution in [0.25, 0.3) is 21.9 Å². The lowest BCUT2D eigenvalue weighted by atomic mass is 10.0. The van der Waals surface area contributed by atoms with Gasteiger partial charge in [-0.1, -0.05) is 32.0 Å². The maximum Gasteiger partial charge on any atom is 0.252 e. The largest absolute Gasteiger partial charge is 0.383 e. The number of carbonyl (C=O) groups excluding carboxylic acids is 1. The van der Waals surface area contributed by atoms with Crippen LogP contribution in [-0.2, 0) is 18.3 Å². The molecule has 1 unspecified atom stereocenters. The molecule has 0 saturated carbocycles. The van der Waals surface area contributed by atoms with E-state index in [1.54, 1.807) is 7.11 Å². The number of hydrogen-bond acceptors (Lipinski definition) is 3. The number of aryl methyl sites for hydroxylation is 1. The van der Waals surface area contributed by atoms with Gasteiger partial charge in [0.1, 0.15) is 5.82 Å².